The molecule has 0 radical (unpaired) electrons. The molecule has 2 fully saturated rings. The van der Waals surface area contributed by atoms with Crippen LogP contribution in [0.3, 0.4) is 0 Å². The number of para-hydroxylation sites is 1. The number of halogens is 1. The van der Waals surface area contributed by atoms with Crippen LogP contribution in [-0.2, 0) is 0 Å². The summed E-state index contributed by atoms with van der Waals surface area (Å²) < 4.78 is 13.2. The van der Waals surface area contributed by atoms with Gasteiger partial charge in [0.25, 0.3) is 5.91 Å². The minimum absolute atomic E-state index is 0.0521. The highest BCUT2D eigenvalue weighted by Crippen LogP contribution is 2.29. The highest BCUT2D eigenvalue weighted by Gasteiger charge is 2.28. The Balaban J connectivity index is 1.35. The maximum Gasteiger partial charge on any atom is 0.252 e. The van der Waals surface area contributed by atoms with Gasteiger partial charge in [0, 0.05) is 36.0 Å². The van der Waals surface area contributed by atoms with E-state index in [1.54, 1.807) is 12.1 Å². The number of carbonyl (C=O) groups is 2. The number of nitrogens with one attached hydrogen (secondary N) is 1. The molecule has 1 N–H and O–H groups in total. The summed E-state index contributed by atoms with van der Waals surface area (Å²) >= 11 is 0. The third-order valence-electron chi connectivity index (χ3n) is 6.18. The minimum Gasteiger partial charge on any atom is -0.357 e. The average Bonchev–Trinajstić information content (AvgIpc) is 3.62. The van der Waals surface area contributed by atoms with E-state index in [1.165, 1.54) is 12.1 Å². The fraction of sp³-hybridized carbons (Fsp3) is 0.320. The van der Waals surface area contributed by atoms with Crippen molar-refractivity contribution in [2.45, 2.75) is 31.7 Å². The Morgan fingerprint density at radius 2 is 1.68 bits per heavy atom. The van der Waals surface area contributed by atoms with E-state index in [1.807, 2.05) is 30.3 Å². The van der Waals surface area contributed by atoms with E-state index < -0.39 is 0 Å². The van der Waals surface area contributed by atoms with Gasteiger partial charge in [-0.2, -0.15) is 0 Å². The van der Waals surface area contributed by atoms with Crippen LogP contribution < -0.4 is 10.2 Å². The van der Waals surface area contributed by atoms with Crippen molar-refractivity contribution in [3.05, 3.63) is 71.5 Å². The molecule has 2 aliphatic rings. The lowest BCUT2D eigenvalue weighted by molar-refractivity contribution is 0.0899. The van der Waals surface area contributed by atoms with Crippen molar-refractivity contribution in [2.75, 3.05) is 18.0 Å². The highest BCUT2D eigenvalue weighted by atomic mass is 19.1. The van der Waals surface area contributed by atoms with Crippen molar-refractivity contribution in [1.82, 2.24) is 10.3 Å². The summed E-state index contributed by atoms with van der Waals surface area (Å²) in [6.07, 6.45) is 3.48. The van der Waals surface area contributed by atoms with Crippen LogP contribution >= 0.6 is 0 Å². The van der Waals surface area contributed by atoms with Crippen LogP contribution in [0.5, 0.6) is 0 Å². The summed E-state index contributed by atoms with van der Waals surface area (Å²) in [5.74, 6) is 0.363. The SMILES string of the molecule is O=C(NC1CC1)c1cc(N2CCC(C(=O)c3ccc(F)cc3)CC2)nc2ccccc12. The molecule has 1 aromatic heterocycles. The molecular weight excluding hydrogens is 393 g/mol. The second-order valence-electron chi connectivity index (χ2n) is 8.43. The van der Waals surface area contributed by atoms with Crippen LogP contribution in [0.25, 0.3) is 10.9 Å². The lowest BCUT2D eigenvalue weighted by atomic mass is 9.89. The van der Waals surface area contributed by atoms with Gasteiger partial charge in [0.1, 0.15) is 11.6 Å². The number of hydrogen-bond acceptors (Lipinski definition) is 4. The van der Waals surface area contributed by atoms with Gasteiger partial charge < -0.3 is 10.2 Å². The Labute approximate surface area is 180 Å². The minimum atomic E-state index is -0.338. The Bertz CT molecular complexity index is 1130. The zero-order valence-electron chi connectivity index (χ0n) is 17.2. The fourth-order valence-corrected chi connectivity index (χ4v) is 4.22. The predicted octanol–water partition coefficient (Wildman–Crippen LogP) is 4.37. The first kappa shape index (κ1) is 19.7. The Kier molecular flexibility index (Phi) is 5.14. The van der Waals surface area contributed by atoms with Crippen LogP contribution in [-0.4, -0.2) is 35.8 Å². The molecule has 1 aliphatic heterocycles. The number of fused-ring (bicyclic) bond motifs is 1. The molecule has 0 bridgehead atoms. The fourth-order valence-electron chi connectivity index (χ4n) is 4.22. The largest absolute Gasteiger partial charge is 0.357 e. The van der Waals surface area contributed by atoms with Crippen molar-refractivity contribution < 1.29 is 14.0 Å². The number of Topliss-reactive ketones (excluding diaryl/α,β-unsaturated/α-hetero) is 1. The molecule has 0 spiro atoms. The summed E-state index contributed by atoms with van der Waals surface area (Å²) in [5.41, 5.74) is 2.00. The Hall–Kier alpha value is -3.28. The highest BCUT2D eigenvalue weighted by molar-refractivity contribution is 6.07. The van der Waals surface area contributed by atoms with E-state index in [0.717, 1.165) is 29.6 Å². The number of amides is 1. The first-order chi connectivity index (χ1) is 15.1. The topological polar surface area (TPSA) is 62.3 Å². The average molecular weight is 417 g/mol. The molecule has 0 unspecified atom stereocenters. The summed E-state index contributed by atoms with van der Waals surface area (Å²) in [4.78, 5) is 32.6. The predicted molar refractivity (Wildman–Crippen MR) is 118 cm³/mol. The molecule has 5 nitrogen and oxygen atoms in total. The molecule has 158 valence electrons. The molecule has 2 heterocycles. The van der Waals surface area contributed by atoms with Crippen molar-refractivity contribution in [2.24, 2.45) is 5.92 Å². The molecule has 0 atom stereocenters. The van der Waals surface area contributed by atoms with Crippen LogP contribution in [0.1, 0.15) is 46.4 Å². The number of nitrogens with zero attached hydrogens (tertiary/aromatic N) is 2. The van der Waals surface area contributed by atoms with Crippen LogP contribution in [0, 0.1) is 11.7 Å². The van der Waals surface area contributed by atoms with Gasteiger partial charge >= 0.3 is 0 Å². The van der Waals surface area contributed by atoms with E-state index in [2.05, 4.69) is 10.2 Å². The zero-order valence-corrected chi connectivity index (χ0v) is 17.2. The number of rotatable bonds is 5. The smallest absolute Gasteiger partial charge is 0.252 e. The third kappa shape index (κ3) is 4.15. The third-order valence-corrected chi connectivity index (χ3v) is 6.18. The molecule has 5 rings (SSSR count). The summed E-state index contributed by atoms with van der Waals surface area (Å²) in [6, 6.07) is 15.6. The first-order valence-electron chi connectivity index (χ1n) is 10.8. The van der Waals surface area contributed by atoms with Gasteiger partial charge in [0.2, 0.25) is 0 Å². The zero-order chi connectivity index (χ0) is 21.4. The molecular formula is C25H24FN3O2. The van der Waals surface area contributed by atoms with Gasteiger partial charge in [-0.1, -0.05) is 18.2 Å². The monoisotopic (exact) mass is 417 g/mol. The van der Waals surface area contributed by atoms with Gasteiger partial charge in [-0.05, 0) is 62.1 Å². The van der Waals surface area contributed by atoms with Gasteiger partial charge in [0.05, 0.1) is 11.1 Å². The molecule has 1 saturated heterocycles. The van der Waals surface area contributed by atoms with Crippen molar-refractivity contribution in [3.8, 4) is 0 Å². The molecule has 1 saturated carbocycles. The maximum absolute atomic E-state index is 13.2. The number of pyridine rings is 1. The summed E-state index contributed by atoms with van der Waals surface area (Å²) in [7, 11) is 0. The molecule has 1 aliphatic carbocycles. The Morgan fingerprint density at radius 3 is 2.39 bits per heavy atom. The number of anilines is 1. The number of piperidine rings is 1. The number of benzene rings is 2. The molecule has 6 heteroatoms. The van der Waals surface area contributed by atoms with Gasteiger partial charge in [-0.15, -0.1) is 0 Å². The first-order valence-corrected chi connectivity index (χ1v) is 10.8. The van der Waals surface area contributed by atoms with Crippen LogP contribution in [0.2, 0.25) is 0 Å². The standard InChI is InChI=1S/C25H24FN3O2/c26-18-7-5-16(6-8-18)24(30)17-11-13-29(14-12-17)23-15-21(25(31)27-19-9-10-19)20-3-1-2-4-22(20)28-23/h1-8,15,17,19H,9-14H2,(H,27,31). The van der Waals surface area contributed by atoms with E-state index >= 15 is 0 Å². The van der Waals surface area contributed by atoms with Gasteiger partial charge in [-0.25, -0.2) is 9.37 Å². The lowest BCUT2D eigenvalue weighted by Gasteiger charge is -2.32. The van der Waals surface area contributed by atoms with Gasteiger partial charge in [0.15, 0.2) is 5.78 Å². The quantitative estimate of drug-likeness (QED) is 0.627. The van der Waals surface area contributed by atoms with Crippen molar-refractivity contribution in [1.29, 1.82) is 0 Å². The maximum atomic E-state index is 13.2. The van der Waals surface area contributed by atoms with Crippen molar-refractivity contribution >= 4 is 28.4 Å². The number of ketones is 1. The van der Waals surface area contributed by atoms with E-state index in [4.69, 9.17) is 4.98 Å². The number of aromatic nitrogens is 1. The van der Waals surface area contributed by atoms with E-state index in [-0.39, 0.29) is 29.5 Å². The Morgan fingerprint density at radius 1 is 0.968 bits per heavy atom. The molecule has 31 heavy (non-hydrogen) atoms. The van der Waals surface area contributed by atoms with Crippen LogP contribution in [0.4, 0.5) is 10.2 Å². The second-order valence-corrected chi connectivity index (χ2v) is 8.43. The number of carbonyl (C=O) groups excluding carboxylic acids is 2. The molecule has 1 amide bonds. The molecule has 2 aromatic carbocycles. The summed E-state index contributed by atoms with van der Waals surface area (Å²) in [6.45, 7) is 1.37. The second kappa shape index (κ2) is 8.10. The van der Waals surface area contributed by atoms with E-state index in [0.29, 0.717) is 37.1 Å². The lowest BCUT2D eigenvalue weighted by Crippen LogP contribution is -2.37. The molecule has 3 aromatic rings. The van der Waals surface area contributed by atoms with Crippen molar-refractivity contribution in [3.63, 3.8) is 0 Å². The van der Waals surface area contributed by atoms with Gasteiger partial charge in [-0.3, -0.25) is 9.59 Å². The number of hydrogen-bond donors (Lipinski definition) is 1. The summed E-state index contributed by atoms with van der Waals surface area (Å²) in [5, 5.41) is 3.93. The van der Waals surface area contributed by atoms with E-state index in [9.17, 15) is 14.0 Å². The van der Waals surface area contributed by atoms with Crippen LogP contribution in [0.15, 0.2) is 54.6 Å². The normalized spacial score (nSPS) is 17.0.